The molecule has 1 aromatic carbocycles. The zero-order chi connectivity index (χ0) is 27.5. The molecule has 1 aliphatic heterocycles. The molecule has 0 unspecified atom stereocenters. The highest BCUT2D eigenvalue weighted by Gasteiger charge is 2.31. The Hall–Kier alpha value is -4.21. The number of likely N-dealkylation sites (tertiary alicyclic amines) is 1. The number of hydrogen-bond donors (Lipinski definition) is 2. The maximum atomic E-state index is 14.2. The number of aliphatic imine (C=N–C) groups is 1. The summed E-state index contributed by atoms with van der Waals surface area (Å²) in [7, 11) is 0. The van der Waals surface area contributed by atoms with Crippen molar-refractivity contribution in [2.45, 2.75) is 45.6 Å². The first-order valence-corrected chi connectivity index (χ1v) is 13.1. The van der Waals surface area contributed by atoms with Crippen LogP contribution in [0.4, 0.5) is 26.1 Å². The number of hydrogen-bond acceptors (Lipinski definition) is 7. The van der Waals surface area contributed by atoms with Gasteiger partial charge in [-0.25, -0.2) is 23.7 Å². The van der Waals surface area contributed by atoms with E-state index in [0.29, 0.717) is 36.2 Å². The highest BCUT2D eigenvalue weighted by atomic mass is 19.1. The number of aromatic nitrogens is 3. The van der Waals surface area contributed by atoms with Crippen molar-refractivity contribution in [2.24, 2.45) is 10.9 Å². The first kappa shape index (κ1) is 26.4. The summed E-state index contributed by atoms with van der Waals surface area (Å²) in [6, 6.07) is 7.23. The van der Waals surface area contributed by atoms with E-state index in [2.05, 4.69) is 27.3 Å². The predicted molar refractivity (Wildman–Crippen MR) is 149 cm³/mol. The molecule has 10 heteroatoms. The van der Waals surface area contributed by atoms with Crippen molar-refractivity contribution in [1.82, 2.24) is 19.9 Å². The van der Waals surface area contributed by atoms with Crippen LogP contribution in [0.25, 0.3) is 17.0 Å². The molecule has 2 aromatic heterocycles. The molecule has 5 rings (SSSR count). The lowest BCUT2D eigenvalue weighted by Crippen LogP contribution is -2.41. The molecule has 8 nitrogen and oxygen atoms in total. The number of aryl methyl sites for hydroxylation is 1. The average Bonchev–Trinajstić information content (AvgIpc) is 3.76. The summed E-state index contributed by atoms with van der Waals surface area (Å²) in [5.41, 5.74) is 3.14. The topological polar surface area (TPSA) is 95.4 Å². The summed E-state index contributed by atoms with van der Waals surface area (Å²) in [5.74, 6) is 0.474. The molecule has 0 atom stereocenters. The number of carbonyl (C=O) groups is 1. The van der Waals surface area contributed by atoms with Crippen LogP contribution in [0.3, 0.4) is 0 Å². The van der Waals surface area contributed by atoms with Gasteiger partial charge in [-0.05, 0) is 75.1 Å². The van der Waals surface area contributed by atoms with Crippen molar-refractivity contribution in [3.8, 4) is 11.4 Å². The van der Waals surface area contributed by atoms with E-state index in [1.54, 1.807) is 31.5 Å². The number of nitrogens with zero attached hydrogens (tertiary/aromatic N) is 5. The first-order chi connectivity index (χ1) is 18.8. The Kier molecular flexibility index (Phi) is 7.63. The van der Waals surface area contributed by atoms with Crippen LogP contribution in [-0.4, -0.2) is 51.6 Å². The van der Waals surface area contributed by atoms with Crippen molar-refractivity contribution < 1.29 is 13.6 Å². The summed E-state index contributed by atoms with van der Waals surface area (Å²) in [5, 5.41) is 6.36. The van der Waals surface area contributed by atoms with Crippen LogP contribution >= 0.6 is 0 Å². The summed E-state index contributed by atoms with van der Waals surface area (Å²) in [6.45, 7) is 8.58. The molecule has 1 saturated heterocycles. The third kappa shape index (κ3) is 5.94. The number of carbonyl (C=O) groups excluding carboxylic acids is 1. The Morgan fingerprint density at radius 2 is 1.85 bits per heavy atom. The number of amides is 1. The van der Waals surface area contributed by atoms with E-state index in [1.165, 1.54) is 18.2 Å². The summed E-state index contributed by atoms with van der Waals surface area (Å²) < 4.78 is 28.4. The van der Waals surface area contributed by atoms with Crippen LogP contribution in [-0.2, 0) is 4.79 Å². The Bertz CT molecular complexity index is 1410. The summed E-state index contributed by atoms with van der Waals surface area (Å²) in [6.07, 6.45) is 7.10. The molecular weight excluding hydrogens is 500 g/mol. The molecule has 2 N–H and O–H groups in total. The zero-order valence-electron chi connectivity index (χ0n) is 22.0. The summed E-state index contributed by atoms with van der Waals surface area (Å²) in [4.78, 5) is 31.7. The van der Waals surface area contributed by atoms with Gasteiger partial charge < -0.3 is 15.5 Å². The summed E-state index contributed by atoms with van der Waals surface area (Å²) >= 11 is 0. The molecular formula is C29H31F2N7O. The van der Waals surface area contributed by atoms with Crippen LogP contribution in [0.15, 0.2) is 47.7 Å². The van der Waals surface area contributed by atoms with Crippen LogP contribution < -0.4 is 10.6 Å². The van der Waals surface area contributed by atoms with Gasteiger partial charge in [-0.1, -0.05) is 6.07 Å². The van der Waals surface area contributed by atoms with E-state index in [-0.39, 0.29) is 23.5 Å². The van der Waals surface area contributed by atoms with E-state index < -0.39 is 11.6 Å². The minimum atomic E-state index is -0.712. The Balaban J connectivity index is 1.50. The Morgan fingerprint density at radius 3 is 2.49 bits per heavy atom. The van der Waals surface area contributed by atoms with Crippen molar-refractivity contribution in [3.05, 3.63) is 65.6 Å². The molecule has 0 bridgehead atoms. The van der Waals surface area contributed by atoms with Gasteiger partial charge >= 0.3 is 0 Å². The average molecular weight is 532 g/mol. The molecule has 1 saturated carbocycles. The number of rotatable bonds is 8. The lowest BCUT2D eigenvalue weighted by Gasteiger charge is -2.32. The fraction of sp³-hybridized carbons (Fsp3) is 0.345. The van der Waals surface area contributed by atoms with Gasteiger partial charge in [-0.3, -0.25) is 9.79 Å². The Morgan fingerprint density at radius 1 is 1.13 bits per heavy atom. The van der Waals surface area contributed by atoms with Crippen LogP contribution in [0.2, 0.25) is 0 Å². The smallest absolute Gasteiger partial charge is 0.219 e. The van der Waals surface area contributed by atoms with Crippen LogP contribution in [0.5, 0.6) is 0 Å². The van der Waals surface area contributed by atoms with Gasteiger partial charge in [-0.2, -0.15) is 0 Å². The first-order valence-electron chi connectivity index (χ1n) is 13.1. The molecule has 2 fully saturated rings. The number of anilines is 3. The van der Waals surface area contributed by atoms with E-state index in [9.17, 15) is 13.6 Å². The number of piperidine rings is 1. The minimum absolute atomic E-state index is 0.0858. The van der Waals surface area contributed by atoms with E-state index in [4.69, 9.17) is 9.97 Å². The number of allylic oxidation sites excluding steroid dienone is 1. The quantitative estimate of drug-likeness (QED) is 0.360. The van der Waals surface area contributed by atoms with Gasteiger partial charge in [0.05, 0.1) is 5.69 Å². The van der Waals surface area contributed by atoms with Crippen molar-refractivity contribution in [3.63, 3.8) is 0 Å². The van der Waals surface area contributed by atoms with Gasteiger partial charge in [0, 0.05) is 49.6 Å². The molecule has 39 heavy (non-hydrogen) atoms. The van der Waals surface area contributed by atoms with Crippen molar-refractivity contribution in [1.29, 1.82) is 0 Å². The highest BCUT2D eigenvalue weighted by Crippen LogP contribution is 2.45. The van der Waals surface area contributed by atoms with E-state index in [1.807, 2.05) is 11.8 Å². The predicted octanol–water partition coefficient (Wildman–Crippen LogP) is 5.74. The zero-order valence-corrected chi connectivity index (χ0v) is 22.0. The molecule has 3 heterocycles. The lowest BCUT2D eigenvalue weighted by molar-refractivity contribution is -0.129. The number of nitrogens with one attached hydrogen (secondary N) is 2. The second kappa shape index (κ2) is 11.3. The monoisotopic (exact) mass is 531 g/mol. The van der Waals surface area contributed by atoms with Crippen molar-refractivity contribution in [2.75, 3.05) is 23.7 Å². The SMILES string of the molecule is C=N/C=C(\c1c(C)nc(-c2ccnc(Nc3c(F)cccc3F)c2)nc1NC1CCN(C(C)=O)CC1)C1CC1. The highest BCUT2D eigenvalue weighted by molar-refractivity contribution is 5.80. The number of halogens is 2. The molecule has 0 spiro atoms. The maximum Gasteiger partial charge on any atom is 0.219 e. The third-order valence-electron chi connectivity index (χ3n) is 7.14. The minimum Gasteiger partial charge on any atom is -0.367 e. The largest absolute Gasteiger partial charge is 0.367 e. The van der Waals surface area contributed by atoms with Crippen LogP contribution in [0.1, 0.15) is 43.9 Å². The molecule has 0 radical (unpaired) electrons. The molecule has 1 aliphatic carbocycles. The maximum absolute atomic E-state index is 14.2. The fourth-order valence-corrected chi connectivity index (χ4v) is 4.93. The Labute approximate surface area is 226 Å². The number of benzene rings is 1. The van der Waals surface area contributed by atoms with Crippen LogP contribution in [0, 0.1) is 24.5 Å². The number of pyridine rings is 1. The van der Waals surface area contributed by atoms with Gasteiger partial charge in [0.2, 0.25) is 5.91 Å². The van der Waals surface area contributed by atoms with E-state index >= 15 is 0 Å². The second-order valence-electron chi connectivity index (χ2n) is 9.97. The van der Waals surface area contributed by atoms with Gasteiger partial charge in [0.15, 0.2) is 5.82 Å². The third-order valence-corrected chi connectivity index (χ3v) is 7.14. The lowest BCUT2D eigenvalue weighted by atomic mass is 9.99. The molecule has 202 valence electrons. The molecule has 1 amide bonds. The number of para-hydroxylation sites is 1. The van der Waals surface area contributed by atoms with Crippen molar-refractivity contribution >= 4 is 35.5 Å². The standard InChI is InChI=1S/C29H31F2N7O/c1-17-26(22(16-32-3)19-7-8-19)29(35-21-10-13-38(14-11-21)18(2)39)37-28(34-17)20-9-12-33-25(15-20)36-27-23(30)5-4-6-24(27)31/h4-6,9,12,15-16,19,21H,3,7-8,10-11,13-14H2,1-2H3,(H,33,36)(H,34,35,37)/b22-16-. The normalized spacial score (nSPS) is 16.2. The molecule has 2 aliphatic rings. The fourth-order valence-electron chi connectivity index (χ4n) is 4.93. The van der Waals surface area contributed by atoms with Gasteiger partial charge in [-0.15, -0.1) is 0 Å². The van der Waals surface area contributed by atoms with Gasteiger partial charge in [0.25, 0.3) is 0 Å². The van der Waals surface area contributed by atoms with E-state index in [0.717, 1.165) is 42.5 Å². The molecule has 3 aromatic rings. The van der Waals surface area contributed by atoms with Gasteiger partial charge in [0.1, 0.15) is 29.0 Å². The second-order valence-corrected chi connectivity index (χ2v) is 9.97.